The summed E-state index contributed by atoms with van der Waals surface area (Å²) >= 11 is 1.25. The standard InChI is InChI=1S/C17H12N2O3S/c1-21-11-6-7-12-13(9-11)19-17(18-12)23-15-8-10-4-2-3-5-14(10)22-16(15)20/h2-9H,1H3,(H,18,19). The van der Waals surface area contributed by atoms with Crippen molar-refractivity contribution in [2.45, 2.75) is 10.1 Å². The van der Waals surface area contributed by atoms with E-state index >= 15 is 0 Å². The molecule has 0 amide bonds. The van der Waals surface area contributed by atoms with Crippen molar-refractivity contribution >= 4 is 33.8 Å². The summed E-state index contributed by atoms with van der Waals surface area (Å²) in [5, 5.41) is 1.52. The van der Waals surface area contributed by atoms with Gasteiger partial charge in [0.05, 0.1) is 18.1 Å². The van der Waals surface area contributed by atoms with Crippen LogP contribution < -0.4 is 10.4 Å². The van der Waals surface area contributed by atoms with Gasteiger partial charge in [-0.2, -0.15) is 0 Å². The van der Waals surface area contributed by atoms with Gasteiger partial charge in [-0.1, -0.05) is 18.2 Å². The number of aromatic nitrogens is 2. The van der Waals surface area contributed by atoms with Crippen LogP contribution in [0.3, 0.4) is 0 Å². The van der Waals surface area contributed by atoms with Crippen LogP contribution in [0.2, 0.25) is 0 Å². The molecule has 0 atom stereocenters. The van der Waals surface area contributed by atoms with Gasteiger partial charge >= 0.3 is 5.63 Å². The number of fused-ring (bicyclic) bond motifs is 2. The SMILES string of the molecule is COc1ccc2nc(Sc3cc4ccccc4oc3=O)[nH]c2c1. The van der Waals surface area contributed by atoms with Crippen molar-refractivity contribution in [3.05, 3.63) is 59.0 Å². The number of H-pyrrole nitrogens is 1. The molecule has 0 saturated heterocycles. The van der Waals surface area contributed by atoms with Crippen LogP contribution in [-0.2, 0) is 0 Å². The summed E-state index contributed by atoms with van der Waals surface area (Å²) in [5.74, 6) is 0.753. The fourth-order valence-electron chi connectivity index (χ4n) is 2.36. The zero-order valence-electron chi connectivity index (χ0n) is 12.2. The molecule has 1 N–H and O–H groups in total. The van der Waals surface area contributed by atoms with Gasteiger partial charge in [0.25, 0.3) is 0 Å². The monoisotopic (exact) mass is 324 g/mol. The fourth-order valence-corrected chi connectivity index (χ4v) is 3.18. The van der Waals surface area contributed by atoms with Crippen molar-refractivity contribution < 1.29 is 9.15 Å². The van der Waals surface area contributed by atoms with E-state index < -0.39 is 0 Å². The van der Waals surface area contributed by atoms with Crippen LogP contribution in [-0.4, -0.2) is 17.1 Å². The van der Waals surface area contributed by atoms with Crippen LogP contribution in [0.1, 0.15) is 0 Å². The van der Waals surface area contributed by atoms with Crippen molar-refractivity contribution in [3.8, 4) is 5.75 Å². The summed E-state index contributed by atoms with van der Waals surface area (Å²) in [4.78, 5) is 20.3. The smallest absolute Gasteiger partial charge is 0.350 e. The third-order valence-electron chi connectivity index (χ3n) is 3.48. The van der Waals surface area contributed by atoms with Gasteiger partial charge in [0.15, 0.2) is 5.16 Å². The molecule has 0 bridgehead atoms. The highest BCUT2D eigenvalue weighted by atomic mass is 32.2. The summed E-state index contributed by atoms with van der Waals surface area (Å²) in [7, 11) is 1.62. The minimum atomic E-state index is -0.369. The Labute approximate surface area is 135 Å². The molecule has 4 aromatic rings. The summed E-state index contributed by atoms with van der Waals surface area (Å²) < 4.78 is 10.5. The van der Waals surface area contributed by atoms with Crippen LogP contribution in [0.25, 0.3) is 22.0 Å². The van der Waals surface area contributed by atoms with E-state index in [2.05, 4.69) is 9.97 Å². The Kier molecular flexibility index (Phi) is 3.31. The molecule has 0 aliphatic rings. The molecular formula is C17H12N2O3S. The second-order valence-corrected chi connectivity index (χ2v) is 5.99. The lowest BCUT2D eigenvalue weighted by molar-refractivity contribution is 0.415. The van der Waals surface area contributed by atoms with E-state index in [1.165, 1.54) is 11.8 Å². The number of hydrogen-bond donors (Lipinski definition) is 1. The first-order valence-corrected chi connectivity index (χ1v) is 7.79. The minimum Gasteiger partial charge on any atom is -0.497 e. The average molecular weight is 324 g/mol. The van der Waals surface area contributed by atoms with Crippen molar-refractivity contribution in [2.75, 3.05) is 7.11 Å². The molecule has 2 aromatic heterocycles. The summed E-state index contributed by atoms with van der Waals surface area (Å²) in [6.07, 6.45) is 0. The molecule has 6 heteroatoms. The fraction of sp³-hybridized carbons (Fsp3) is 0.0588. The highest BCUT2D eigenvalue weighted by Crippen LogP contribution is 2.28. The van der Waals surface area contributed by atoms with Crippen LogP contribution in [0.4, 0.5) is 0 Å². The second-order valence-electron chi connectivity index (χ2n) is 4.96. The minimum absolute atomic E-state index is 0.369. The summed E-state index contributed by atoms with van der Waals surface area (Å²) in [6.45, 7) is 0. The van der Waals surface area contributed by atoms with Gasteiger partial charge in [-0.05, 0) is 36.0 Å². The van der Waals surface area contributed by atoms with Gasteiger partial charge < -0.3 is 14.1 Å². The number of nitrogens with one attached hydrogen (secondary N) is 1. The molecule has 0 saturated carbocycles. The summed E-state index contributed by atoms with van der Waals surface area (Å²) in [5.41, 5.74) is 1.89. The van der Waals surface area contributed by atoms with Gasteiger partial charge in [-0.15, -0.1) is 0 Å². The highest BCUT2D eigenvalue weighted by Gasteiger charge is 2.10. The lowest BCUT2D eigenvalue weighted by Crippen LogP contribution is -2.01. The van der Waals surface area contributed by atoms with E-state index in [9.17, 15) is 4.79 Å². The first-order chi connectivity index (χ1) is 11.2. The quantitative estimate of drug-likeness (QED) is 0.580. The van der Waals surface area contributed by atoms with Crippen LogP contribution >= 0.6 is 11.8 Å². The van der Waals surface area contributed by atoms with Crippen molar-refractivity contribution in [3.63, 3.8) is 0 Å². The molecule has 5 nitrogen and oxygen atoms in total. The molecule has 4 rings (SSSR count). The zero-order valence-corrected chi connectivity index (χ0v) is 13.0. The maximum atomic E-state index is 12.1. The first-order valence-electron chi connectivity index (χ1n) is 6.97. The third kappa shape index (κ3) is 2.57. The maximum absolute atomic E-state index is 12.1. The van der Waals surface area contributed by atoms with E-state index in [-0.39, 0.29) is 5.63 Å². The van der Waals surface area contributed by atoms with Crippen LogP contribution in [0, 0.1) is 0 Å². The molecule has 23 heavy (non-hydrogen) atoms. The Morgan fingerprint density at radius 2 is 2.04 bits per heavy atom. The Balaban J connectivity index is 1.75. The Morgan fingerprint density at radius 1 is 1.17 bits per heavy atom. The van der Waals surface area contributed by atoms with Crippen LogP contribution in [0.15, 0.2) is 67.8 Å². The number of methoxy groups -OCH3 is 1. The largest absolute Gasteiger partial charge is 0.497 e. The van der Waals surface area contributed by atoms with Crippen molar-refractivity contribution in [1.82, 2.24) is 9.97 Å². The van der Waals surface area contributed by atoms with Gasteiger partial charge in [0, 0.05) is 11.5 Å². The Bertz CT molecular complexity index is 1070. The maximum Gasteiger partial charge on any atom is 0.350 e. The Hall–Kier alpha value is -2.73. The number of ether oxygens (including phenoxy) is 1. The lowest BCUT2D eigenvalue weighted by Gasteiger charge is -1.99. The number of imidazole rings is 1. The third-order valence-corrected chi connectivity index (χ3v) is 4.37. The number of rotatable bonds is 3. The summed E-state index contributed by atoms with van der Waals surface area (Å²) in [6, 6.07) is 14.8. The molecule has 0 unspecified atom stereocenters. The molecular weight excluding hydrogens is 312 g/mol. The normalized spacial score (nSPS) is 11.2. The van der Waals surface area contributed by atoms with Gasteiger partial charge in [0.2, 0.25) is 0 Å². The zero-order chi connectivity index (χ0) is 15.8. The molecule has 2 aromatic carbocycles. The number of hydrogen-bond acceptors (Lipinski definition) is 5. The van der Waals surface area contributed by atoms with E-state index in [0.29, 0.717) is 15.6 Å². The first kappa shape index (κ1) is 13.9. The predicted molar refractivity (Wildman–Crippen MR) is 89.3 cm³/mol. The predicted octanol–water partition coefficient (Wildman–Crippen LogP) is 3.83. The number of aromatic amines is 1. The molecule has 0 aliphatic carbocycles. The van der Waals surface area contributed by atoms with Gasteiger partial charge in [0.1, 0.15) is 16.2 Å². The molecule has 114 valence electrons. The second kappa shape index (κ2) is 5.48. The van der Waals surface area contributed by atoms with Crippen molar-refractivity contribution in [2.24, 2.45) is 0 Å². The topological polar surface area (TPSA) is 68.1 Å². The Morgan fingerprint density at radius 3 is 2.91 bits per heavy atom. The molecule has 0 aliphatic heterocycles. The van der Waals surface area contributed by atoms with E-state index in [1.807, 2.05) is 42.5 Å². The molecule has 0 spiro atoms. The highest BCUT2D eigenvalue weighted by molar-refractivity contribution is 7.99. The number of nitrogens with zero attached hydrogens (tertiary/aromatic N) is 1. The lowest BCUT2D eigenvalue weighted by atomic mass is 10.2. The van der Waals surface area contributed by atoms with Gasteiger partial charge in [-0.3, -0.25) is 0 Å². The van der Waals surface area contributed by atoms with Crippen molar-refractivity contribution in [1.29, 1.82) is 0 Å². The van der Waals surface area contributed by atoms with E-state index in [1.54, 1.807) is 13.2 Å². The number of para-hydroxylation sites is 1. The molecule has 2 heterocycles. The van der Waals surface area contributed by atoms with Crippen LogP contribution in [0.5, 0.6) is 5.75 Å². The van der Waals surface area contributed by atoms with E-state index in [0.717, 1.165) is 22.2 Å². The average Bonchev–Trinajstić information content (AvgIpc) is 2.96. The van der Waals surface area contributed by atoms with E-state index in [4.69, 9.17) is 9.15 Å². The number of benzene rings is 2. The molecule has 0 radical (unpaired) electrons. The van der Waals surface area contributed by atoms with Gasteiger partial charge in [-0.25, -0.2) is 9.78 Å². The molecule has 0 fully saturated rings.